The van der Waals surface area contributed by atoms with Crippen LogP contribution in [-0.4, -0.2) is 28.4 Å². The number of ether oxygens (including phenoxy) is 1. The van der Waals surface area contributed by atoms with Crippen molar-refractivity contribution in [1.82, 2.24) is 10.3 Å². The molecular weight excluding hydrogens is 384 g/mol. The lowest BCUT2D eigenvalue weighted by Gasteiger charge is -2.34. The number of carbonyl (C=O) groups excluding carboxylic acids is 1. The van der Waals surface area contributed by atoms with Crippen molar-refractivity contribution >= 4 is 28.5 Å². The molecule has 7 heteroatoms. The summed E-state index contributed by atoms with van der Waals surface area (Å²) in [7, 11) is 0. The number of thioether (sulfide) groups is 1. The minimum Gasteiger partial charge on any atom is -0.493 e. The van der Waals surface area contributed by atoms with E-state index >= 15 is 0 Å². The molecule has 1 atom stereocenters. The Kier molecular flexibility index (Phi) is 5.67. The second-order valence-electron chi connectivity index (χ2n) is 6.56. The van der Waals surface area contributed by atoms with Gasteiger partial charge in [0.25, 0.3) is 5.91 Å². The van der Waals surface area contributed by atoms with Crippen molar-refractivity contribution in [3.05, 3.63) is 77.3 Å². The summed E-state index contributed by atoms with van der Waals surface area (Å²) in [6.07, 6.45) is 2.20. The molecule has 0 fully saturated rings. The third-order valence-electron chi connectivity index (χ3n) is 4.51. The Labute approximate surface area is 173 Å². The van der Waals surface area contributed by atoms with E-state index in [2.05, 4.69) is 18.8 Å². The summed E-state index contributed by atoms with van der Waals surface area (Å²) in [6, 6.07) is 15.4. The summed E-state index contributed by atoms with van der Waals surface area (Å²) in [4.78, 5) is 17.9. The van der Waals surface area contributed by atoms with E-state index in [4.69, 9.17) is 14.8 Å². The van der Waals surface area contributed by atoms with Crippen LogP contribution in [0.3, 0.4) is 0 Å². The minimum absolute atomic E-state index is 0.189. The molecule has 4 rings (SSSR count). The van der Waals surface area contributed by atoms with Gasteiger partial charge in [-0.2, -0.15) is 0 Å². The predicted octanol–water partition coefficient (Wildman–Crippen LogP) is 2.54. The number of benzene rings is 2. The molecule has 6 nitrogen and oxygen atoms in total. The van der Waals surface area contributed by atoms with E-state index < -0.39 is 6.17 Å². The van der Waals surface area contributed by atoms with Crippen LogP contribution in [0.2, 0.25) is 0 Å². The Hall–Kier alpha value is -3.06. The SMILES string of the molecule is C=CCSC1=NN2C(=c3ccccc3=N[C@@H]2c2ccccc2OCCC)C(=O)N1. The molecule has 148 valence electrons. The van der Waals surface area contributed by atoms with Crippen molar-refractivity contribution in [3.63, 3.8) is 0 Å². The van der Waals surface area contributed by atoms with Crippen molar-refractivity contribution in [2.45, 2.75) is 19.5 Å². The topological polar surface area (TPSA) is 66.3 Å². The molecule has 0 saturated carbocycles. The maximum Gasteiger partial charge on any atom is 0.276 e. The molecule has 0 radical (unpaired) electrons. The molecular formula is C22H22N4O2S. The fourth-order valence-corrected chi connectivity index (χ4v) is 3.86. The minimum atomic E-state index is -0.488. The standard InChI is InChI=1S/C22H22N4O2S/c1-3-13-28-18-12-8-6-10-16(18)20-23-17-11-7-5-9-15(17)19-21(27)24-22(25-26(19)20)29-14-4-2/h4-12,20H,2-3,13-14H2,1H3,(H,24,25,27)/t20-/m0/s1. The maximum absolute atomic E-state index is 13.0. The van der Waals surface area contributed by atoms with E-state index in [0.717, 1.165) is 28.3 Å². The number of fused-ring (bicyclic) bond motifs is 2. The van der Waals surface area contributed by atoms with Gasteiger partial charge in [0.2, 0.25) is 0 Å². The highest BCUT2D eigenvalue weighted by Crippen LogP contribution is 2.35. The molecule has 0 saturated heterocycles. The van der Waals surface area contributed by atoms with E-state index in [-0.39, 0.29) is 5.91 Å². The number of para-hydroxylation sites is 2. The number of rotatable bonds is 6. The predicted molar refractivity (Wildman–Crippen MR) is 116 cm³/mol. The smallest absolute Gasteiger partial charge is 0.276 e. The van der Waals surface area contributed by atoms with E-state index in [1.54, 1.807) is 11.1 Å². The van der Waals surface area contributed by atoms with Gasteiger partial charge in [0.05, 0.1) is 12.0 Å². The van der Waals surface area contributed by atoms with Crippen molar-refractivity contribution in [1.29, 1.82) is 0 Å². The lowest BCUT2D eigenvalue weighted by atomic mass is 10.1. The molecule has 2 aliphatic rings. The lowest BCUT2D eigenvalue weighted by molar-refractivity contribution is -0.116. The zero-order valence-corrected chi connectivity index (χ0v) is 17.0. The van der Waals surface area contributed by atoms with E-state index in [1.165, 1.54) is 11.8 Å². The van der Waals surface area contributed by atoms with Crippen LogP contribution in [0, 0.1) is 0 Å². The average Bonchev–Trinajstić information content (AvgIpc) is 2.75. The largest absolute Gasteiger partial charge is 0.493 e. The fourth-order valence-electron chi connectivity index (χ4n) is 3.27. The zero-order chi connectivity index (χ0) is 20.2. The van der Waals surface area contributed by atoms with Gasteiger partial charge in [0.15, 0.2) is 11.3 Å². The Morgan fingerprint density at radius 1 is 1.24 bits per heavy atom. The van der Waals surface area contributed by atoms with E-state index in [1.807, 2.05) is 48.5 Å². The first-order valence-corrected chi connectivity index (χ1v) is 10.5. The van der Waals surface area contributed by atoms with Gasteiger partial charge in [-0.25, -0.2) is 5.01 Å². The Morgan fingerprint density at radius 3 is 2.86 bits per heavy atom. The van der Waals surface area contributed by atoms with Crippen molar-refractivity contribution in [3.8, 4) is 5.75 Å². The van der Waals surface area contributed by atoms with Gasteiger partial charge in [-0.15, -0.1) is 11.7 Å². The molecule has 2 aromatic rings. The summed E-state index contributed by atoms with van der Waals surface area (Å²) in [5, 5.41) is 11.4. The number of amides is 1. The first-order chi connectivity index (χ1) is 14.2. The summed E-state index contributed by atoms with van der Waals surface area (Å²) in [5.41, 5.74) is 1.37. The number of hydrazone groups is 1. The summed E-state index contributed by atoms with van der Waals surface area (Å²) in [6.45, 7) is 6.42. The molecule has 1 amide bonds. The molecule has 0 bridgehead atoms. The average molecular weight is 407 g/mol. The fraction of sp³-hybridized carbons (Fsp3) is 0.227. The van der Waals surface area contributed by atoms with E-state index in [0.29, 0.717) is 23.2 Å². The normalized spacial score (nSPS) is 17.5. The number of amidine groups is 1. The number of hydrogen-bond acceptors (Lipinski definition) is 6. The molecule has 0 aliphatic carbocycles. The van der Waals surface area contributed by atoms with Gasteiger partial charge in [0.1, 0.15) is 11.4 Å². The summed E-state index contributed by atoms with van der Waals surface area (Å²) >= 11 is 1.43. The van der Waals surface area contributed by atoms with Gasteiger partial charge in [-0.1, -0.05) is 61.2 Å². The van der Waals surface area contributed by atoms with Crippen molar-refractivity contribution < 1.29 is 9.53 Å². The number of nitrogens with zero attached hydrogens (tertiary/aromatic N) is 3. The van der Waals surface area contributed by atoms with E-state index in [9.17, 15) is 4.79 Å². The van der Waals surface area contributed by atoms with Crippen LogP contribution in [0.1, 0.15) is 25.1 Å². The van der Waals surface area contributed by atoms with Gasteiger partial charge in [0, 0.05) is 16.5 Å². The third kappa shape index (κ3) is 3.78. The summed E-state index contributed by atoms with van der Waals surface area (Å²) < 4.78 is 5.96. The maximum atomic E-state index is 13.0. The van der Waals surface area contributed by atoms with Crippen LogP contribution in [0.15, 0.2) is 71.3 Å². The lowest BCUT2D eigenvalue weighted by Crippen LogP contribution is -2.50. The molecule has 0 spiro atoms. The molecule has 2 heterocycles. The summed E-state index contributed by atoms with van der Waals surface area (Å²) in [5.74, 6) is 1.21. The molecule has 1 N–H and O–H groups in total. The molecule has 0 aromatic heterocycles. The first kappa shape index (κ1) is 19.3. The number of nitrogens with one attached hydrogen (secondary N) is 1. The quantitative estimate of drug-likeness (QED) is 0.749. The highest BCUT2D eigenvalue weighted by atomic mass is 32.2. The second-order valence-corrected chi connectivity index (χ2v) is 7.57. The zero-order valence-electron chi connectivity index (χ0n) is 16.2. The first-order valence-electron chi connectivity index (χ1n) is 9.54. The number of carbonyl (C=O) groups is 1. The van der Waals surface area contributed by atoms with Gasteiger partial charge in [-0.3, -0.25) is 15.1 Å². The van der Waals surface area contributed by atoms with Gasteiger partial charge in [-0.05, 0) is 18.6 Å². The molecule has 29 heavy (non-hydrogen) atoms. The van der Waals surface area contributed by atoms with Gasteiger partial charge >= 0.3 is 0 Å². The monoisotopic (exact) mass is 406 g/mol. The van der Waals surface area contributed by atoms with Crippen LogP contribution in [-0.2, 0) is 4.79 Å². The molecule has 2 aromatic carbocycles. The Morgan fingerprint density at radius 2 is 2.03 bits per heavy atom. The van der Waals surface area contributed by atoms with Crippen LogP contribution >= 0.6 is 11.8 Å². The van der Waals surface area contributed by atoms with Crippen LogP contribution in [0.5, 0.6) is 5.75 Å². The Bertz CT molecular complexity index is 1100. The third-order valence-corrected chi connectivity index (χ3v) is 5.37. The second kappa shape index (κ2) is 8.53. The van der Waals surface area contributed by atoms with Crippen LogP contribution in [0.25, 0.3) is 5.70 Å². The van der Waals surface area contributed by atoms with Crippen molar-refractivity contribution in [2.75, 3.05) is 12.4 Å². The highest BCUT2D eigenvalue weighted by molar-refractivity contribution is 8.14. The number of hydrogen-bond donors (Lipinski definition) is 1. The molecule has 2 aliphatic heterocycles. The Balaban J connectivity index is 1.88. The van der Waals surface area contributed by atoms with Crippen LogP contribution in [0.4, 0.5) is 0 Å². The van der Waals surface area contributed by atoms with Crippen LogP contribution < -0.4 is 20.6 Å². The molecule has 0 unspecified atom stereocenters. The highest BCUT2D eigenvalue weighted by Gasteiger charge is 2.35. The van der Waals surface area contributed by atoms with Gasteiger partial charge < -0.3 is 4.74 Å². The van der Waals surface area contributed by atoms with Crippen molar-refractivity contribution in [2.24, 2.45) is 10.1 Å².